The summed E-state index contributed by atoms with van der Waals surface area (Å²) in [5.41, 5.74) is 6.86. The second-order valence-corrected chi connectivity index (χ2v) is 2.85. The molecule has 0 aliphatic carbocycles. The molecule has 0 atom stereocenters. The van der Waals surface area contributed by atoms with Gasteiger partial charge in [0.25, 0.3) is 0 Å². The summed E-state index contributed by atoms with van der Waals surface area (Å²) >= 11 is 5.86. The summed E-state index contributed by atoms with van der Waals surface area (Å²) in [6.07, 6.45) is 0. The fourth-order valence-electron chi connectivity index (χ4n) is 1.10. The summed E-state index contributed by atoms with van der Waals surface area (Å²) in [6.45, 7) is 0. The molecule has 0 aliphatic heterocycles. The molecule has 1 heterocycles. The fourth-order valence-corrected chi connectivity index (χ4v) is 1.31. The van der Waals surface area contributed by atoms with E-state index in [-0.39, 0.29) is 5.95 Å². The monoisotopic (exact) mass is 182 g/mol. The molecule has 62 valence electrons. The van der Waals surface area contributed by atoms with E-state index in [0.717, 1.165) is 5.52 Å². The van der Waals surface area contributed by atoms with Gasteiger partial charge in [-0.2, -0.15) is 0 Å². The molecular formula is C7H7ClN4. The number of nitrogen functional groups attached to an aromatic ring is 2. The van der Waals surface area contributed by atoms with Crippen LogP contribution >= 0.6 is 11.6 Å². The van der Waals surface area contributed by atoms with E-state index in [1.54, 1.807) is 12.1 Å². The zero-order valence-corrected chi connectivity index (χ0v) is 6.92. The van der Waals surface area contributed by atoms with Crippen LogP contribution in [0.3, 0.4) is 0 Å². The van der Waals surface area contributed by atoms with Crippen molar-refractivity contribution in [3.63, 3.8) is 0 Å². The van der Waals surface area contributed by atoms with E-state index in [4.69, 9.17) is 23.2 Å². The van der Waals surface area contributed by atoms with Crippen molar-refractivity contribution >= 4 is 28.6 Å². The standard InChI is InChI=1S/C7H7ClN4/c8-4-2-1-3-5-6(4)11-7(9)12(5)10/h1-3H,10H2,(H2,9,11). The predicted octanol–water partition coefficient (Wildman–Crippen LogP) is 0.986. The number of fused-ring (bicyclic) bond motifs is 1. The van der Waals surface area contributed by atoms with Crippen LogP contribution in [0.4, 0.5) is 5.95 Å². The molecule has 4 N–H and O–H groups in total. The Labute approximate surface area is 73.7 Å². The number of para-hydroxylation sites is 1. The Hall–Kier alpha value is -1.42. The average Bonchev–Trinajstić information content (AvgIpc) is 2.32. The van der Waals surface area contributed by atoms with Crippen molar-refractivity contribution < 1.29 is 0 Å². The maximum Gasteiger partial charge on any atom is 0.220 e. The Morgan fingerprint density at radius 2 is 2.17 bits per heavy atom. The van der Waals surface area contributed by atoms with Gasteiger partial charge in [0.15, 0.2) is 0 Å². The normalized spacial score (nSPS) is 10.8. The van der Waals surface area contributed by atoms with E-state index in [1.165, 1.54) is 4.68 Å². The molecule has 0 saturated heterocycles. The van der Waals surface area contributed by atoms with Gasteiger partial charge < -0.3 is 11.6 Å². The molecular weight excluding hydrogens is 176 g/mol. The van der Waals surface area contributed by atoms with E-state index >= 15 is 0 Å². The number of nitrogens with zero attached hydrogens (tertiary/aromatic N) is 2. The van der Waals surface area contributed by atoms with E-state index in [2.05, 4.69) is 4.98 Å². The van der Waals surface area contributed by atoms with Crippen LogP contribution in [0.2, 0.25) is 5.02 Å². The van der Waals surface area contributed by atoms with Crippen LogP contribution in [-0.4, -0.2) is 9.66 Å². The number of hydrogen-bond donors (Lipinski definition) is 2. The zero-order chi connectivity index (χ0) is 8.72. The summed E-state index contributed by atoms with van der Waals surface area (Å²) in [7, 11) is 0. The summed E-state index contributed by atoms with van der Waals surface area (Å²) in [5.74, 6) is 5.84. The molecule has 2 aromatic rings. The van der Waals surface area contributed by atoms with Crippen LogP contribution in [0.15, 0.2) is 18.2 Å². The third kappa shape index (κ3) is 0.816. The first-order chi connectivity index (χ1) is 5.70. The van der Waals surface area contributed by atoms with Crippen molar-refractivity contribution in [1.82, 2.24) is 9.66 Å². The van der Waals surface area contributed by atoms with Crippen LogP contribution in [0.5, 0.6) is 0 Å². The van der Waals surface area contributed by atoms with Gasteiger partial charge in [-0.1, -0.05) is 17.7 Å². The van der Waals surface area contributed by atoms with Gasteiger partial charge in [-0.3, -0.25) is 0 Å². The first-order valence-electron chi connectivity index (χ1n) is 3.37. The van der Waals surface area contributed by atoms with Gasteiger partial charge in [0.1, 0.15) is 5.52 Å². The van der Waals surface area contributed by atoms with Crippen molar-refractivity contribution in [3.8, 4) is 0 Å². The molecule has 0 bridgehead atoms. The molecule has 2 rings (SSSR count). The minimum Gasteiger partial charge on any atom is -0.368 e. The van der Waals surface area contributed by atoms with Crippen molar-refractivity contribution in [1.29, 1.82) is 0 Å². The Morgan fingerprint density at radius 1 is 1.42 bits per heavy atom. The number of imidazole rings is 1. The molecule has 0 saturated carbocycles. The van der Waals surface area contributed by atoms with Crippen LogP contribution < -0.4 is 11.6 Å². The Balaban J connectivity index is 2.95. The molecule has 5 heteroatoms. The lowest BCUT2D eigenvalue weighted by Crippen LogP contribution is -2.11. The maximum atomic E-state index is 5.86. The van der Waals surface area contributed by atoms with Crippen LogP contribution in [-0.2, 0) is 0 Å². The highest BCUT2D eigenvalue weighted by Gasteiger charge is 2.06. The number of rotatable bonds is 0. The highest BCUT2D eigenvalue weighted by molar-refractivity contribution is 6.35. The van der Waals surface area contributed by atoms with Gasteiger partial charge in [-0.05, 0) is 12.1 Å². The molecule has 1 aromatic carbocycles. The topological polar surface area (TPSA) is 69.9 Å². The highest BCUT2D eigenvalue weighted by atomic mass is 35.5. The second kappa shape index (κ2) is 2.28. The number of hydrogen-bond acceptors (Lipinski definition) is 3. The minimum atomic E-state index is 0.262. The van der Waals surface area contributed by atoms with Gasteiger partial charge in [0.2, 0.25) is 5.95 Å². The van der Waals surface area contributed by atoms with E-state index < -0.39 is 0 Å². The molecule has 4 nitrogen and oxygen atoms in total. The van der Waals surface area contributed by atoms with E-state index in [0.29, 0.717) is 10.5 Å². The highest BCUT2D eigenvalue weighted by Crippen LogP contribution is 2.22. The average molecular weight is 183 g/mol. The predicted molar refractivity (Wildman–Crippen MR) is 49.3 cm³/mol. The summed E-state index contributed by atoms with van der Waals surface area (Å²) in [5, 5.41) is 0.559. The van der Waals surface area contributed by atoms with Gasteiger partial charge in [-0.15, -0.1) is 0 Å². The van der Waals surface area contributed by atoms with Crippen molar-refractivity contribution in [2.24, 2.45) is 0 Å². The van der Waals surface area contributed by atoms with E-state index in [1.807, 2.05) is 6.07 Å². The lowest BCUT2D eigenvalue weighted by molar-refractivity contribution is 1.06. The molecule has 0 fully saturated rings. The van der Waals surface area contributed by atoms with Gasteiger partial charge >= 0.3 is 0 Å². The first-order valence-corrected chi connectivity index (χ1v) is 3.75. The molecule has 0 radical (unpaired) electrons. The fraction of sp³-hybridized carbons (Fsp3) is 0. The first kappa shape index (κ1) is 7.24. The summed E-state index contributed by atoms with van der Waals surface area (Å²) in [6, 6.07) is 5.36. The third-order valence-corrected chi connectivity index (χ3v) is 2.00. The Bertz CT molecular complexity index is 434. The molecule has 12 heavy (non-hydrogen) atoms. The number of anilines is 1. The second-order valence-electron chi connectivity index (χ2n) is 2.45. The van der Waals surface area contributed by atoms with Crippen molar-refractivity contribution in [2.75, 3.05) is 11.6 Å². The van der Waals surface area contributed by atoms with Crippen molar-refractivity contribution in [2.45, 2.75) is 0 Å². The molecule has 0 aliphatic rings. The number of halogens is 1. The summed E-state index contributed by atoms with van der Waals surface area (Å²) in [4.78, 5) is 4.00. The molecule has 0 spiro atoms. The Kier molecular flexibility index (Phi) is 1.38. The Morgan fingerprint density at radius 3 is 2.83 bits per heavy atom. The largest absolute Gasteiger partial charge is 0.368 e. The minimum absolute atomic E-state index is 0.262. The molecule has 0 amide bonds. The SMILES string of the molecule is Nc1nc2c(Cl)cccc2n1N. The number of aromatic nitrogens is 2. The number of benzene rings is 1. The molecule has 0 unspecified atom stereocenters. The van der Waals surface area contributed by atoms with Gasteiger partial charge in [0, 0.05) is 0 Å². The summed E-state index contributed by atoms with van der Waals surface area (Å²) < 4.78 is 1.31. The lowest BCUT2D eigenvalue weighted by Gasteiger charge is -1.95. The van der Waals surface area contributed by atoms with Crippen LogP contribution in [0, 0.1) is 0 Å². The van der Waals surface area contributed by atoms with Crippen LogP contribution in [0.1, 0.15) is 0 Å². The number of nitrogens with two attached hydrogens (primary N) is 2. The smallest absolute Gasteiger partial charge is 0.220 e. The lowest BCUT2D eigenvalue weighted by atomic mass is 10.3. The third-order valence-electron chi connectivity index (χ3n) is 1.70. The van der Waals surface area contributed by atoms with Gasteiger partial charge in [0.05, 0.1) is 10.5 Å². The maximum absolute atomic E-state index is 5.86. The zero-order valence-electron chi connectivity index (χ0n) is 6.16. The van der Waals surface area contributed by atoms with Crippen molar-refractivity contribution in [3.05, 3.63) is 23.2 Å². The van der Waals surface area contributed by atoms with Crippen LogP contribution in [0.25, 0.3) is 11.0 Å². The van der Waals surface area contributed by atoms with Gasteiger partial charge in [-0.25, -0.2) is 9.66 Å². The molecule has 1 aromatic heterocycles. The van der Waals surface area contributed by atoms with E-state index in [9.17, 15) is 0 Å². The quantitative estimate of drug-likeness (QED) is 0.597.